The first kappa shape index (κ1) is 28.3. The van der Waals surface area contributed by atoms with Crippen LogP contribution in [0.15, 0.2) is 60.7 Å². The highest BCUT2D eigenvalue weighted by Gasteiger charge is 2.66. The number of carbonyl (C=O) groups excluding carboxylic acids is 3. The first-order valence-corrected chi connectivity index (χ1v) is 13.8. The van der Waals surface area contributed by atoms with E-state index in [-0.39, 0.29) is 27.7 Å². The number of rotatable bonds is 5. The molecule has 0 aliphatic carbocycles. The number of halogens is 3. The molecular formula is C31H30Cl2FN3O3. The molecule has 2 aliphatic heterocycles. The number of anilines is 2. The minimum atomic E-state index is -1.33. The molecule has 5 rings (SSSR count). The van der Waals surface area contributed by atoms with Gasteiger partial charge in [0.05, 0.1) is 11.1 Å². The number of carbonyl (C=O) groups is 3. The van der Waals surface area contributed by atoms with E-state index in [0.29, 0.717) is 33.9 Å². The third kappa shape index (κ3) is 4.80. The number of fused-ring (bicyclic) bond motifs is 2. The van der Waals surface area contributed by atoms with Crippen molar-refractivity contribution in [2.45, 2.75) is 57.5 Å². The van der Waals surface area contributed by atoms with Crippen LogP contribution in [0.25, 0.3) is 0 Å². The Morgan fingerprint density at radius 2 is 1.75 bits per heavy atom. The summed E-state index contributed by atoms with van der Waals surface area (Å²) in [5.74, 6) is -2.49. The van der Waals surface area contributed by atoms with Crippen molar-refractivity contribution in [2.75, 3.05) is 10.6 Å². The van der Waals surface area contributed by atoms with Crippen LogP contribution < -0.4 is 16.0 Å². The number of Topliss-reactive ketones (excluding diaryl/α,β-unsaturated/α-hetero) is 1. The zero-order valence-corrected chi connectivity index (χ0v) is 24.1. The molecule has 3 aromatic rings. The van der Waals surface area contributed by atoms with Gasteiger partial charge in [-0.15, -0.1) is 0 Å². The lowest BCUT2D eigenvalue weighted by Crippen LogP contribution is -2.49. The highest BCUT2D eigenvalue weighted by Crippen LogP contribution is 2.57. The Morgan fingerprint density at radius 1 is 1.05 bits per heavy atom. The van der Waals surface area contributed by atoms with E-state index in [1.54, 1.807) is 54.6 Å². The lowest BCUT2D eigenvalue weighted by molar-refractivity contribution is -0.122. The Balaban J connectivity index is 1.69. The van der Waals surface area contributed by atoms with Crippen LogP contribution in [-0.2, 0) is 15.0 Å². The van der Waals surface area contributed by atoms with E-state index in [4.69, 9.17) is 23.2 Å². The average Bonchev–Trinajstić information content (AvgIpc) is 3.35. The van der Waals surface area contributed by atoms with Gasteiger partial charge in [-0.1, -0.05) is 62.2 Å². The van der Waals surface area contributed by atoms with E-state index in [9.17, 15) is 14.4 Å². The minimum absolute atomic E-state index is 0.0928. The summed E-state index contributed by atoms with van der Waals surface area (Å²) < 4.78 is 15.8. The molecule has 0 aromatic heterocycles. The van der Waals surface area contributed by atoms with Crippen molar-refractivity contribution in [3.63, 3.8) is 0 Å². The van der Waals surface area contributed by atoms with Crippen molar-refractivity contribution >= 4 is 52.2 Å². The maximum Gasteiger partial charge on any atom is 0.242 e. The molecule has 6 nitrogen and oxygen atoms in total. The van der Waals surface area contributed by atoms with E-state index >= 15 is 4.39 Å². The normalized spacial score (nSPS) is 23.7. The van der Waals surface area contributed by atoms with Gasteiger partial charge in [0.1, 0.15) is 11.2 Å². The van der Waals surface area contributed by atoms with E-state index in [1.807, 2.05) is 0 Å². The van der Waals surface area contributed by atoms with Gasteiger partial charge in [0.15, 0.2) is 5.78 Å². The summed E-state index contributed by atoms with van der Waals surface area (Å²) in [5.41, 5.74) is 0.753. The molecule has 0 bridgehead atoms. The van der Waals surface area contributed by atoms with Crippen molar-refractivity contribution in [2.24, 2.45) is 5.41 Å². The van der Waals surface area contributed by atoms with Crippen LogP contribution in [0.4, 0.5) is 15.8 Å². The molecule has 0 unspecified atom stereocenters. The van der Waals surface area contributed by atoms with Crippen molar-refractivity contribution < 1.29 is 18.8 Å². The third-order valence-electron chi connectivity index (χ3n) is 7.78. The SMILES string of the molecule is CC(=O)c1ccc(NC(=O)[C@@H]2N[C@@H](CC(C)(C)C)[C@@]3(C(=O)Nc4cc(Cl)ccc43)[C@H]2c2cccc(Cl)c2F)cc1. The summed E-state index contributed by atoms with van der Waals surface area (Å²) >= 11 is 12.5. The molecule has 1 fully saturated rings. The molecule has 0 radical (unpaired) electrons. The topological polar surface area (TPSA) is 87.3 Å². The molecule has 1 saturated heterocycles. The number of ketones is 1. The molecule has 1 spiro atoms. The van der Waals surface area contributed by atoms with E-state index in [2.05, 4.69) is 36.7 Å². The molecule has 4 atom stereocenters. The number of hydrogen-bond acceptors (Lipinski definition) is 4. The second kappa shape index (κ2) is 10.3. The molecule has 2 aliphatic rings. The quantitative estimate of drug-likeness (QED) is 0.292. The van der Waals surface area contributed by atoms with Crippen LogP contribution in [0, 0.1) is 11.2 Å². The van der Waals surface area contributed by atoms with Crippen LogP contribution in [0.3, 0.4) is 0 Å². The molecule has 9 heteroatoms. The fourth-order valence-corrected chi connectivity index (χ4v) is 6.51. The standard InChI is InChI=1S/C31H30Cl2FN3O3/c1-16(38)17-8-11-19(12-9-17)35-28(39)27-25(20-6-5-7-22(33)26(20)34)31(24(37-27)15-30(2,3)4)21-13-10-18(32)14-23(21)36-29(31)40/h5-14,24-25,27,37H,15H2,1-4H3,(H,35,39)(H,36,40)/t24-,25-,27+,31+/m0/s1. The number of hydrogen-bond donors (Lipinski definition) is 3. The second-order valence-corrected chi connectivity index (χ2v) is 12.6. The minimum Gasteiger partial charge on any atom is -0.325 e. The van der Waals surface area contributed by atoms with Crippen LogP contribution in [0.1, 0.15) is 61.5 Å². The van der Waals surface area contributed by atoms with Gasteiger partial charge in [-0.25, -0.2) is 4.39 Å². The first-order valence-electron chi connectivity index (χ1n) is 13.1. The van der Waals surface area contributed by atoms with Gasteiger partial charge >= 0.3 is 0 Å². The van der Waals surface area contributed by atoms with Gasteiger partial charge in [0.25, 0.3) is 0 Å². The van der Waals surface area contributed by atoms with Crippen LogP contribution in [0.2, 0.25) is 10.0 Å². The molecule has 3 aromatic carbocycles. The highest BCUT2D eigenvalue weighted by molar-refractivity contribution is 6.31. The van der Waals surface area contributed by atoms with Gasteiger partial charge in [-0.2, -0.15) is 0 Å². The van der Waals surface area contributed by atoms with Gasteiger partial charge < -0.3 is 16.0 Å². The lowest BCUT2D eigenvalue weighted by Gasteiger charge is -2.37. The number of amides is 2. The smallest absolute Gasteiger partial charge is 0.242 e. The summed E-state index contributed by atoms with van der Waals surface area (Å²) in [7, 11) is 0. The van der Waals surface area contributed by atoms with E-state index < -0.39 is 35.1 Å². The summed E-state index contributed by atoms with van der Waals surface area (Å²) in [5, 5.41) is 9.66. The second-order valence-electron chi connectivity index (χ2n) is 11.7. The summed E-state index contributed by atoms with van der Waals surface area (Å²) in [4.78, 5) is 39.8. The zero-order chi connectivity index (χ0) is 29.0. The highest BCUT2D eigenvalue weighted by atomic mass is 35.5. The number of nitrogens with one attached hydrogen (secondary N) is 3. The summed E-state index contributed by atoms with van der Waals surface area (Å²) in [6.45, 7) is 7.62. The Labute approximate surface area is 242 Å². The van der Waals surface area contributed by atoms with Crippen molar-refractivity contribution in [3.05, 3.63) is 93.2 Å². The lowest BCUT2D eigenvalue weighted by atomic mass is 9.62. The largest absolute Gasteiger partial charge is 0.325 e. The Bertz CT molecular complexity index is 1520. The third-order valence-corrected chi connectivity index (χ3v) is 8.31. The van der Waals surface area contributed by atoms with Crippen molar-refractivity contribution in [1.29, 1.82) is 0 Å². The molecule has 40 heavy (non-hydrogen) atoms. The Kier molecular flexibility index (Phi) is 7.27. The molecule has 3 N–H and O–H groups in total. The van der Waals surface area contributed by atoms with Crippen molar-refractivity contribution in [3.8, 4) is 0 Å². The summed E-state index contributed by atoms with van der Waals surface area (Å²) in [6, 6.07) is 14.8. The van der Waals surface area contributed by atoms with E-state index in [1.165, 1.54) is 13.0 Å². The Hall–Kier alpha value is -3.26. The van der Waals surface area contributed by atoms with Crippen molar-refractivity contribution in [1.82, 2.24) is 5.32 Å². The predicted molar refractivity (Wildman–Crippen MR) is 156 cm³/mol. The average molecular weight is 583 g/mol. The summed E-state index contributed by atoms with van der Waals surface area (Å²) in [6.07, 6.45) is 0.512. The van der Waals surface area contributed by atoms with Crippen LogP contribution in [-0.4, -0.2) is 29.7 Å². The Morgan fingerprint density at radius 3 is 2.40 bits per heavy atom. The maximum absolute atomic E-state index is 15.8. The predicted octanol–water partition coefficient (Wildman–Crippen LogP) is 6.72. The first-order chi connectivity index (χ1) is 18.8. The molecule has 2 heterocycles. The zero-order valence-electron chi connectivity index (χ0n) is 22.6. The van der Waals surface area contributed by atoms with Gasteiger partial charge in [0, 0.05) is 33.9 Å². The fraction of sp³-hybridized carbons (Fsp3) is 0.323. The molecule has 208 valence electrons. The van der Waals surface area contributed by atoms with Gasteiger partial charge in [-0.3, -0.25) is 14.4 Å². The fourth-order valence-electron chi connectivity index (χ4n) is 6.16. The van der Waals surface area contributed by atoms with E-state index in [0.717, 1.165) is 0 Å². The molecular weight excluding hydrogens is 552 g/mol. The maximum atomic E-state index is 15.8. The molecule has 2 amide bonds. The van der Waals surface area contributed by atoms with Gasteiger partial charge in [-0.05, 0) is 72.4 Å². The van der Waals surface area contributed by atoms with Gasteiger partial charge in [0.2, 0.25) is 11.8 Å². The monoisotopic (exact) mass is 581 g/mol. The van der Waals surface area contributed by atoms with Crippen LogP contribution >= 0.6 is 23.2 Å². The molecule has 0 saturated carbocycles. The number of benzene rings is 3. The van der Waals surface area contributed by atoms with Crippen LogP contribution in [0.5, 0.6) is 0 Å².